The zero-order chi connectivity index (χ0) is 39.4. The molecule has 0 heterocycles. The minimum Gasteiger partial charge on any atom is -0.394 e. The molecule has 0 fully saturated rings. The number of rotatable bonds is 42. The van der Waals surface area contributed by atoms with Crippen LogP contribution in [0.3, 0.4) is 0 Å². The third-order valence-corrected chi connectivity index (χ3v) is 10.6. The Morgan fingerprint density at radius 1 is 0.444 bits per heavy atom. The zero-order valence-corrected chi connectivity index (χ0v) is 35.8. The molecule has 5 heteroatoms. The lowest BCUT2D eigenvalue weighted by molar-refractivity contribution is -0.131. The van der Waals surface area contributed by atoms with E-state index in [4.69, 9.17) is 0 Å². The van der Waals surface area contributed by atoms with Crippen molar-refractivity contribution in [2.75, 3.05) is 6.61 Å². The summed E-state index contributed by atoms with van der Waals surface area (Å²) in [6.45, 7) is 4.15. The van der Waals surface area contributed by atoms with E-state index in [0.717, 1.165) is 44.9 Å². The number of unbranched alkanes of at least 4 members (excludes halogenated alkanes) is 28. The highest BCUT2D eigenvalue weighted by atomic mass is 16.3. The summed E-state index contributed by atoms with van der Waals surface area (Å²) in [7, 11) is 0. The molecule has 0 bridgehead atoms. The molecule has 0 spiro atoms. The predicted molar refractivity (Wildman–Crippen MR) is 236 cm³/mol. The highest BCUT2D eigenvalue weighted by molar-refractivity contribution is 5.80. The molecule has 4 N–H and O–H groups in total. The van der Waals surface area contributed by atoms with Crippen molar-refractivity contribution in [3.05, 3.63) is 48.6 Å². The van der Waals surface area contributed by atoms with Gasteiger partial charge >= 0.3 is 0 Å². The van der Waals surface area contributed by atoms with E-state index >= 15 is 0 Å². The summed E-state index contributed by atoms with van der Waals surface area (Å²) in [4.78, 5) is 12.5. The summed E-state index contributed by atoms with van der Waals surface area (Å²) in [6.07, 6.45) is 57.3. The van der Waals surface area contributed by atoms with Gasteiger partial charge in [0.15, 0.2) is 0 Å². The van der Waals surface area contributed by atoms with E-state index < -0.39 is 24.2 Å². The van der Waals surface area contributed by atoms with Crippen LogP contribution in [0.4, 0.5) is 0 Å². The maximum Gasteiger partial charge on any atom is 0.249 e. The van der Waals surface area contributed by atoms with Crippen molar-refractivity contribution in [2.45, 2.75) is 250 Å². The fraction of sp³-hybridized carbons (Fsp3) is 0.816. The number of carbonyl (C=O) groups excluding carboxylic acids is 1. The van der Waals surface area contributed by atoms with Gasteiger partial charge in [-0.3, -0.25) is 4.79 Å². The lowest BCUT2D eigenvalue weighted by Crippen LogP contribution is -2.48. The molecule has 0 aromatic carbocycles. The first-order chi connectivity index (χ1) is 26.6. The van der Waals surface area contributed by atoms with Gasteiger partial charge in [0.2, 0.25) is 5.91 Å². The van der Waals surface area contributed by atoms with Gasteiger partial charge in [0, 0.05) is 0 Å². The van der Waals surface area contributed by atoms with Gasteiger partial charge in [-0.05, 0) is 70.6 Å². The van der Waals surface area contributed by atoms with E-state index in [1.165, 1.54) is 167 Å². The number of nitrogens with one attached hydrogen (secondary N) is 1. The second-order valence-electron chi connectivity index (χ2n) is 15.9. The minimum atomic E-state index is -1.11. The molecule has 0 aliphatic rings. The fourth-order valence-electron chi connectivity index (χ4n) is 6.92. The van der Waals surface area contributed by atoms with Gasteiger partial charge in [-0.1, -0.05) is 210 Å². The molecule has 0 saturated heterocycles. The predicted octanol–water partition coefficient (Wildman–Crippen LogP) is 13.7. The average molecular weight is 758 g/mol. The van der Waals surface area contributed by atoms with Crippen LogP contribution in [-0.4, -0.2) is 46.1 Å². The van der Waals surface area contributed by atoms with E-state index in [1.54, 1.807) is 6.08 Å². The first kappa shape index (κ1) is 52.3. The number of hydrogen-bond acceptors (Lipinski definition) is 4. The Hall–Kier alpha value is -1.69. The van der Waals surface area contributed by atoms with Crippen molar-refractivity contribution < 1.29 is 20.1 Å². The van der Waals surface area contributed by atoms with E-state index in [0.29, 0.717) is 6.42 Å². The van der Waals surface area contributed by atoms with E-state index in [1.807, 2.05) is 6.08 Å². The quantitative estimate of drug-likeness (QED) is 0.0369. The van der Waals surface area contributed by atoms with Gasteiger partial charge in [0.05, 0.1) is 18.8 Å². The van der Waals surface area contributed by atoms with Crippen LogP contribution in [0.15, 0.2) is 48.6 Å². The van der Waals surface area contributed by atoms with Crippen LogP contribution >= 0.6 is 0 Å². The summed E-state index contributed by atoms with van der Waals surface area (Å²) in [5.41, 5.74) is 0. The molecule has 0 radical (unpaired) electrons. The molecule has 54 heavy (non-hydrogen) atoms. The third-order valence-electron chi connectivity index (χ3n) is 10.6. The Balaban J connectivity index is 3.65. The van der Waals surface area contributed by atoms with Crippen LogP contribution in [0.25, 0.3) is 0 Å². The molecule has 1 amide bonds. The minimum absolute atomic E-state index is 0.382. The molecule has 3 unspecified atom stereocenters. The summed E-state index contributed by atoms with van der Waals surface area (Å²) in [5, 5.41) is 33.1. The van der Waals surface area contributed by atoms with Crippen LogP contribution in [0, 0.1) is 0 Å². The van der Waals surface area contributed by atoms with Crippen LogP contribution in [0.2, 0.25) is 0 Å². The molecule has 0 aromatic heterocycles. The van der Waals surface area contributed by atoms with Crippen LogP contribution in [0.1, 0.15) is 232 Å². The Labute approximate surface area is 336 Å². The number of amides is 1. The van der Waals surface area contributed by atoms with Crippen molar-refractivity contribution in [3.8, 4) is 0 Å². The van der Waals surface area contributed by atoms with E-state index in [9.17, 15) is 20.1 Å². The number of aliphatic hydroxyl groups is 3. The monoisotopic (exact) mass is 758 g/mol. The summed E-state index contributed by atoms with van der Waals surface area (Å²) < 4.78 is 0. The number of hydrogen-bond donors (Lipinski definition) is 4. The van der Waals surface area contributed by atoms with Gasteiger partial charge in [-0.25, -0.2) is 0 Å². The molecule has 0 aliphatic heterocycles. The SMILES string of the molecule is CCCCCC/C=C/CC/C=C/CC/C=C/C(O)C(CO)NC(=O)C(O)CCCCCCCCCCCC/C=C\CCCCCCCCCCCCCC. The summed E-state index contributed by atoms with van der Waals surface area (Å²) in [5.74, 6) is -0.519. The second kappa shape index (κ2) is 44.0. The number of aliphatic hydroxyl groups excluding tert-OH is 3. The molecule has 316 valence electrons. The van der Waals surface area contributed by atoms with Crippen LogP contribution in [-0.2, 0) is 4.79 Å². The van der Waals surface area contributed by atoms with E-state index in [-0.39, 0.29) is 6.61 Å². The lowest BCUT2D eigenvalue weighted by atomic mass is 10.0. The molecular formula is C49H91NO4. The second-order valence-corrected chi connectivity index (χ2v) is 15.9. The van der Waals surface area contributed by atoms with Gasteiger partial charge < -0.3 is 20.6 Å². The lowest BCUT2D eigenvalue weighted by Gasteiger charge is -2.21. The van der Waals surface area contributed by atoms with Gasteiger partial charge in [0.25, 0.3) is 0 Å². The molecule has 0 rings (SSSR count). The highest BCUT2D eigenvalue weighted by Crippen LogP contribution is 2.15. The third kappa shape index (κ3) is 38.6. The number of allylic oxidation sites excluding steroid dienone is 7. The largest absolute Gasteiger partial charge is 0.394 e. The molecule has 0 aliphatic carbocycles. The Morgan fingerprint density at radius 2 is 0.759 bits per heavy atom. The molecule has 0 aromatic rings. The smallest absolute Gasteiger partial charge is 0.249 e. The van der Waals surface area contributed by atoms with Gasteiger partial charge in [-0.2, -0.15) is 0 Å². The Morgan fingerprint density at radius 3 is 1.15 bits per heavy atom. The standard InChI is InChI=1S/C49H91NO4/c1-3-5-7-9-11-13-15-17-19-20-21-22-23-24-25-26-27-28-29-30-32-34-36-38-40-42-44-48(53)49(54)50-46(45-51)47(52)43-41-39-37-35-33-31-18-16-14-12-10-8-6-4-2/h14,16,24-25,33,35,41,43,46-48,51-53H,3-13,15,17-23,26-32,34,36-40,42,44-45H2,1-2H3,(H,50,54)/b16-14+,25-24-,35-33+,43-41+. The van der Waals surface area contributed by atoms with Crippen LogP contribution < -0.4 is 5.32 Å². The topological polar surface area (TPSA) is 89.8 Å². The molecular weight excluding hydrogens is 667 g/mol. The van der Waals surface area contributed by atoms with Crippen molar-refractivity contribution in [2.24, 2.45) is 0 Å². The maximum atomic E-state index is 12.5. The Bertz CT molecular complexity index is 881. The first-order valence-electron chi connectivity index (χ1n) is 23.5. The average Bonchev–Trinajstić information content (AvgIpc) is 3.18. The van der Waals surface area contributed by atoms with Crippen molar-refractivity contribution >= 4 is 5.91 Å². The highest BCUT2D eigenvalue weighted by Gasteiger charge is 2.22. The molecule has 0 saturated carbocycles. The maximum absolute atomic E-state index is 12.5. The van der Waals surface area contributed by atoms with Gasteiger partial charge in [-0.15, -0.1) is 0 Å². The first-order valence-corrected chi connectivity index (χ1v) is 23.5. The zero-order valence-electron chi connectivity index (χ0n) is 35.8. The van der Waals surface area contributed by atoms with Crippen molar-refractivity contribution in [1.82, 2.24) is 5.32 Å². The van der Waals surface area contributed by atoms with Crippen molar-refractivity contribution in [1.29, 1.82) is 0 Å². The van der Waals surface area contributed by atoms with Gasteiger partial charge in [0.1, 0.15) is 6.10 Å². The Kier molecular flexibility index (Phi) is 42.7. The normalized spacial score (nSPS) is 13.9. The van der Waals surface area contributed by atoms with Crippen molar-refractivity contribution in [3.63, 3.8) is 0 Å². The number of carbonyl (C=O) groups is 1. The summed E-state index contributed by atoms with van der Waals surface area (Å²) in [6, 6.07) is -0.821. The molecule has 5 nitrogen and oxygen atoms in total. The van der Waals surface area contributed by atoms with Crippen LogP contribution in [0.5, 0.6) is 0 Å². The fourth-order valence-corrected chi connectivity index (χ4v) is 6.92. The van der Waals surface area contributed by atoms with E-state index in [2.05, 4.69) is 55.6 Å². The molecule has 3 atom stereocenters. The summed E-state index contributed by atoms with van der Waals surface area (Å²) >= 11 is 0.